The Labute approximate surface area is 176 Å². The molecule has 0 saturated heterocycles. The van der Waals surface area contributed by atoms with Crippen molar-refractivity contribution in [1.29, 1.82) is 0 Å². The second kappa shape index (κ2) is 7.35. The third-order valence-corrected chi connectivity index (χ3v) is 5.36. The number of aryl methyl sites for hydroxylation is 2. The number of nitrogens with one attached hydrogen (secondary N) is 1. The summed E-state index contributed by atoms with van der Waals surface area (Å²) in [7, 11) is 0. The number of aromatic nitrogens is 5. The molecule has 0 saturated carbocycles. The van der Waals surface area contributed by atoms with Gasteiger partial charge in [0.1, 0.15) is 5.82 Å². The molecule has 0 spiro atoms. The molecule has 0 aliphatic carbocycles. The SMILES string of the molecule is Cc1cn(-c2ccc(Cc3nc4cc(Br)c(C(F)(F)F)cc4c(=O)[nH]3)cn2)nc1C. The summed E-state index contributed by atoms with van der Waals surface area (Å²) in [6, 6.07) is 5.65. The van der Waals surface area contributed by atoms with Crippen LogP contribution < -0.4 is 5.56 Å². The molecule has 0 fully saturated rings. The Bertz CT molecular complexity index is 1290. The van der Waals surface area contributed by atoms with Crippen molar-refractivity contribution in [2.75, 3.05) is 0 Å². The van der Waals surface area contributed by atoms with Crippen molar-refractivity contribution < 1.29 is 13.2 Å². The second-order valence-corrected chi connectivity index (χ2v) is 7.76. The topological polar surface area (TPSA) is 76.5 Å². The number of aromatic amines is 1. The van der Waals surface area contributed by atoms with Gasteiger partial charge in [0, 0.05) is 23.3 Å². The lowest BCUT2D eigenvalue weighted by Crippen LogP contribution is -2.14. The molecule has 0 unspecified atom stereocenters. The van der Waals surface area contributed by atoms with Crippen molar-refractivity contribution in [3.63, 3.8) is 0 Å². The predicted molar refractivity (Wildman–Crippen MR) is 109 cm³/mol. The maximum absolute atomic E-state index is 13.1. The Hall–Kier alpha value is -3.01. The standard InChI is InChI=1S/C20H15BrF3N5O/c1-10-9-29(28-11(10)2)18-4-3-12(8-25-18)5-17-26-16-7-15(21)14(20(22,23)24)6-13(16)19(30)27-17/h3-4,6-9H,5H2,1-2H3,(H,26,27,30). The molecule has 0 radical (unpaired) electrons. The number of H-pyrrole nitrogens is 1. The normalized spacial score (nSPS) is 11.9. The van der Waals surface area contributed by atoms with Crippen LogP contribution in [-0.4, -0.2) is 24.7 Å². The smallest absolute Gasteiger partial charge is 0.310 e. The Balaban J connectivity index is 1.64. The first-order valence-electron chi connectivity index (χ1n) is 8.89. The molecule has 0 amide bonds. The van der Waals surface area contributed by atoms with Crippen molar-refractivity contribution in [1.82, 2.24) is 24.7 Å². The van der Waals surface area contributed by atoms with Crippen molar-refractivity contribution in [3.8, 4) is 5.82 Å². The fourth-order valence-corrected chi connectivity index (χ4v) is 3.58. The largest absolute Gasteiger partial charge is 0.417 e. The van der Waals surface area contributed by atoms with Crippen LogP contribution in [0.5, 0.6) is 0 Å². The summed E-state index contributed by atoms with van der Waals surface area (Å²) in [5.41, 5.74) is 1.39. The average molecular weight is 478 g/mol. The molecule has 1 N–H and O–H groups in total. The van der Waals surface area contributed by atoms with Gasteiger partial charge in [0.05, 0.1) is 22.2 Å². The molecule has 3 aromatic heterocycles. The number of pyridine rings is 1. The fraction of sp³-hybridized carbons (Fsp3) is 0.200. The lowest BCUT2D eigenvalue weighted by Gasteiger charge is -2.10. The number of hydrogen-bond acceptors (Lipinski definition) is 4. The van der Waals surface area contributed by atoms with Gasteiger partial charge in [0.25, 0.3) is 5.56 Å². The van der Waals surface area contributed by atoms with Gasteiger partial charge in [-0.3, -0.25) is 4.79 Å². The van der Waals surface area contributed by atoms with Crippen LogP contribution in [0.4, 0.5) is 13.2 Å². The van der Waals surface area contributed by atoms with Crippen LogP contribution in [0.15, 0.2) is 45.9 Å². The minimum atomic E-state index is -4.57. The third kappa shape index (κ3) is 3.87. The van der Waals surface area contributed by atoms with Crippen molar-refractivity contribution in [2.24, 2.45) is 0 Å². The summed E-state index contributed by atoms with van der Waals surface area (Å²) in [6.45, 7) is 3.88. The quantitative estimate of drug-likeness (QED) is 0.471. The molecule has 4 aromatic rings. The van der Waals surface area contributed by atoms with E-state index >= 15 is 0 Å². The number of hydrogen-bond donors (Lipinski definition) is 1. The van der Waals surface area contributed by atoms with Crippen LogP contribution in [-0.2, 0) is 12.6 Å². The number of halogens is 4. The highest BCUT2D eigenvalue weighted by Crippen LogP contribution is 2.36. The number of nitrogens with zero attached hydrogens (tertiary/aromatic N) is 4. The molecule has 0 bridgehead atoms. The van der Waals surface area contributed by atoms with E-state index in [1.807, 2.05) is 26.1 Å². The molecule has 30 heavy (non-hydrogen) atoms. The van der Waals surface area contributed by atoms with Crippen LogP contribution in [0.3, 0.4) is 0 Å². The highest BCUT2D eigenvalue weighted by atomic mass is 79.9. The van der Waals surface area contributed by atoms with Crippen molar-refractivity contribution in [3.05, 3.63) is 79.7 Å². The summed E-state index contributed by atoms with van der Waals surface area (Å²) < 4.78 is 40.8. The lowest BCUT2D eigenvalue weighted by atomic mass is 10.1. The molecule has 10 heteroatoms. The zero-order chi connectivity index (χ0) is 21.6. The molecule has 0 atom stereocenters. The van der Waals surface area contributed by atoms with E-state index in [4.69, 9.17) is 0 Å². The fourth-order valence-electron chi connectivity index (χ4n) is 3.02. The van der Waals surface area contributed by atoms with Gasteiger partial charge < -0.3 is 4.98 Å². The number of fused-ring (bicyclic) bond motifs is 1. The maximum Gasteiger partial charge on any atom is 0.417 e. The molecular weight excluding hydrogens is 463 g/mol. The number of benzene rings is 1. The van der Waals surface area contributed by atoms with E-state index in [0.29, 0.717) is 11.6 Å². The molecule has 0 aliphatic rings. The number of rotatable bonds is 3. The van der Waals surface area contributed by atoms with Gasteiger partial charge in [-0.05, 0) is 43.2 Å². The van der Waals surface area contributed by atoms with E-state index < -0.39 is 17.3 Å². The minimum absolute atomic E-state index is 0.118. The second-order valence-electron chi connectivity index (χ2n) is 6.90. The van der Waals surface area contributed by atoms with E-state index in [9.17, 15) is 18.0 Å². The van der Waals surface area contributed by atoms with Crippen LogP contribution in [0.25, 0.3) is 16.7 Å². The van der Waals surface area contributed by atoms with E-state index in [-0.39, 0.29) is 21.8 Å². The van der Waals surface area contributed by atoms with E-state index in [0.717, 1.165) is 22.9 Å². The molecule has 0 aliphatic heterocycles. The molecule has 4 rings (SSSR count). The number of alkyl halides is 3. The average Bonchev–Trinajstić information content (AvgIpc) is 2.99. The lowest BCUT2D eigenvalue weighted by molar-refractivity contribution is -0.138. The Morgan fingerprint density at radius 1 is 1.20 bits per heavy atom. The Morgan fingerprint density at radius 3 is 2.57 bits per heavy atom. The molecule has 1 aromatic carbocycles. The summed E-state index contributed by atoms with van der Waals surface area (Å²) in [6.07, 6.45) is -0.771. The molecule has 3 heterocycles. The monoisotopic (exact) mass is 477 g/mol. The first-order chi connectivity index (χ1) is 14.1. The van der Waals surface area contributed by atoms with Gasteiger partial charge in [0.15, 0.2) is 5.82 Å². The summed E-state index contributed by atoms with van der Waals surface area (Å²) in [5, 5.41) is 4.26. The van der Waals surface area contributed by atoms with Gasteiger partial charge in [0.2, 0.25) is 0 Å². The predicted octanol–water partition coefficient (Wildman–Crippen LogP) is 4.49. The Kier molecular flexibility index (Phi) is 4.97. The molecule has 6 nitrogen and oxygen atoms in total. The van der Waals surface area contributed by atoms with Crippen molar-refractivity contribution >= 4 is 26.8 Å². The van der Waals surface area contributed by atoms with Gasteiger partial charge >= 0.3 is 6.18 Å². The van der Waals surface area contributed by atoms with E-state index in [1.165, 1.54) is 6.07 Å². The highest BCUT2D eigenvalue weighted by molar-refractivity contribution is 9.10. The van der Waals surface area contributed by atoms with Crippen LogP contribution in [0.1, 0.15) is 28.2 Å². The van der Waals surface area contributed by atoms with Gasteiger partial charge in [-0.1, -0.05) is 22.0 Å². The molecular formula is C20H15BrF3N5O. The van der Waals surface area contributed by atoms with Crippen LogP contribution in [0, 0.1) is 13.8 Å². The van der Waals surface area contributed by atoms with Crippen LogP contribution >= 0.6 is 15.9 Å². The maximum atomic E-state index is 13.1. The first-order valence-corrected chi connectivity index (χ1v) is 9.69. The van der Waals surface area contributed by atoms with Crippen molar-refractivity contribution in [2.45, 2.75) is 26.4 Å². The van der Waals surface area contributed by atoms with Gasteiger partial charge in [-0.25, -0.2) is 14.6 Å². The highest BCUT2D eigenvalue weighted by Gasteiger charge is 2.33. The van der Waals surface area contributed by atoms with Gasteiger partial charge in [-0.15, -0.1) is 0 Å². The summed E-state index contributed by atoms with van der Waals surface area (Å²) in [5.74, 6) is 0.984. The van der Waals surface area contributed by atoms with Crippen LogP contribution in [0.2, 0.25) is 0 Å². The van der Waals surface area contributed by atoms with E-state index in [1.54, 1.807) is 16.9 Å². The summed E-state index contributed by atoms with van der Waals surface area (Å²) in [4.78, 5) is 23.6. The van der Waals surface area contributed by atoms with E-state index in [2.05, 4.69) is 36.0 Å². The summed E-state index contributed by atoms with van der Waals surface area (Å²) >= 11 is 2.92. The zero-order valence-corrected chi connectivity index (χ0v) is 17.5. The first kappa shape index (κ1) is 20.3. The van der Waals surface area contributed by atoms with Gasteiger partial charge in [-0.2, -0.15) is 18.3 Å². The third-order valence-electron chi connectivity index (χ3n) is 4.71. The molecule has 154 valence electrons. The minimum Gasteiger partial charge on any atom is -0.310 e. The Morgan fingerprint density at radius 2 is 1.97 bits per heavy atom. The zero-order valence-electron chi connectivity index (χ0n) is 15.9.